The van der Waals surface area contributed by atoms with Gasteiger partial charge in [0.25, 0.3) is 0 Å². The Bertz CT molecular complexity index is 520. The van der Waals surface area contributed by atoms with Gasteiger partial charge >= 0.3 is 12.1 Å². The Balaban J connectivity index is 1.51. The third-order valence-electron chi connectivity index (χ3n) is 3.69. The largest absolute Gasteiger partial charge is 0.460 e. The second-order valence-corrected chi connectivity index (χ2v) is 5.20. The first-order valence-corrected chi connectivity index (χ1v) is 6.62. The second-order valence-electron chi connectivity index (χ2n) is 5.20. The van der Waals surface area contributed by atoms with Crippen molar-refractivity contribution in [3.63, 3.8) is 0 Å². The van der Waals surface area contributed by atoms with Crippen molar-refractivity contribution >= 4 is 5.97 Å². The minimum absolute atomic E-state index is 0.0919. The molecule has 1 aromatic rings. The first-order chi connectivity index (χ1) is 9.97. The van der Waals surface area contributed by atoms with E-state index in [1.807, 2.05) is 18.2 Å². The molecule has 0 spiro atoms. The highest BCUT2D eigenvalue weighted by Crippen LogP contribution is 2.48. The fraction of sp³-hybridized carbons (Fsp3) is 0.500. The van der Waals surface area contributed by atoms with E-state index >= 15 is 0 Å². The van der Waals surface area contributed by atoms with Gasteiger partial charge in [-0.2, -0.15) is 13.2 Å². The van der Waals surface area contributed by atoms with E-state index in [-0.39, 0.29) is 13.2 Å². The van der Waals surface area contributed by atoms with Crippen LogP contribution in [0, 0.1) is 5.92 Å². The average molecular weight is 301 g/mol. The van der Waals surface area contributed by atoms with Crippen LogP contribution in [0.5, 0.6) is 0 Å². The van der Waals surface area contributed by atoms with Crippen molar-refractivity contribution in [2.24, 2.45) is 5.92 Å². The van der Waals surface area contributed by atoms with Gasteiger partial charge in [-0.1, -0.05) is 30.3 Å². The predicted octanol–water partition coefficient (Wildman–Crippen LogP) is 1.65. The van der Waals surface area contributed by atoms with Crippen LogP contribution in [-0.4, -0.2) is 36.9 Å². The number of hydrogen-bond donors (Lipinski definition) is 1. The Hall–Kier alpha value is -1.60. The molecule has 4 atom stereocenters. The topological polar surface area (TPSA) is 47.6 Å². The van der Waals surface area contributed by atoms with E-state index < -0.39 is 36.3 Å². The van der Waals surface area contributed by atoms with Crippen LogP contribution in [-0.2, 0) is 20.9 Å². The summed E-state index contributed by atoms with van der Waals surface area (Å²) in [5.74, 6) is -2.12. The summed E-state index contributed by atoms with van der Waals surface area (Å²) < 4.78 is 48.0. The van der Waals surface area contributed by atoms with E-state index in [0.29, 0.717) is 0 Å². The van der Waals surface area contributed by atoms with Crippen LogP contribution in [0.15, 0.2) is 30.3 Å². The van der Waals surface area contributed by atoms with Crippen molar-refractivity contribution in [1.29, 1.82) is 0 Å². The number of rotatable bonds is 3. The minimum Gasteiger partial charge on any atom is -0.460 e. The molecule has 114 valence electrons. The molecule has 1 saturated heterocycles. The number of halogens is 3. The minimum atomic E-state index is -4.30. The number of ether oxygens (including phenoxy) is 2. The third-order valence-corrected chi connectivity index (χ3v) is 3.69. The van der Waals surface area contributed by atoms with Gasteiger partial charge in [0.1, 0.15) is 18.6 Å². The maximum absolute atomic E-state index is 12.6. The molecular weight excluding hydrogens is 287 g/mol. The lowest BCUT2D eigenvalue weighted by Crippen LogP contribution is -2.47. The second kappa shape index (κ2) is 5.31. The van der Waals surface area contributed by atoms with Gasteiger partial charge in [-0.3, -0.25) is 10.1 Å². The third kappa shape index (κ3) is 3.03. The molecule has 1 N–H and O–H groups in total. The summed E-state index contributed by atoms with van der Waals surface area (Å²) in [6.07, 6.45) is -5.17. The molecule has 1 aliphatic heterocycles. The summed E-state index contributed by atoms with van der Waals surface area (Å²) in [6.45, 7) is -0.00395. The Morgan fingerprint density at radius 1 is 1.33 bits per heavy atom. The van der Waals surface area contributed by atoms with Crippen LogP contribution in [0.25, 0.3) is 0 Å². The maximum atomic E-state index is 12.6. The van der Waals surface area contributed by atoms with Crippen LogP contribution < -0.4 is 5.32 Å². The van der Waals surface area contributed by atoms with Gasteiger partial charge < -0.3 is 9.47 Å². The molecule has 0 radical (unpaired) electrons. The molecular formula is C14H14F3NO3. The standard InChI is InChI=1S/C14H14F3NO3/c15-14(16,17)10-11-12(10)20-7-9(18-11)13(19)21-6-8-4-2-1-3-5-8/h1-5,9-12,18H,6-7H2/t9-,10?,11+,12-/m0/s1. The van der Waals surface area contributed by atoms with E-state index in [9.17, 15) is 18.0 Å². The molecule has 1 aliphatic carbocycles. The highest BCUT2D eigenvalue weighted by atomic mass is 19.4. The van der Waals surface area contributed by atoms with Gasteiger partial charge in [0.15, 0.2) is 0 Å². The van der Waals surface area contributed by atoms with E-state index in [1.165, 1.54) is 0 Å². The number of nitrogens with one attached hydrogen (secondary N) is 1. The van der Waals surface area contributed by atoms with Gasteiger partial charge in [-0.25, -0.2) is 0 Å². The number of morpholine rings is 1. The SMILES string of the molecule is O=C(OCc1ccccc1)[C@@H]1CO[C@H]2C(C(F)(F)F)[C@H]2N1. The van der Waals surface area contributed by atoms with Crippen molar-refractivity contribution in [3.05, 3.63) is 35.9 Å². The number of fused-ring (bicyclic) bond motifs is 1. The lowest BCUT2D eigenvalue weighted by molar-refractivity contribution is -0.157. The van der Waals surface area contributed by atoms with Gasteiger partial charge in [0.05, 0.1) is 12.7 Å². The zero-order valence-electron chi connectivity index (χ0n) is 11.0. The normalized spacial score (nSPS) is 31.4. The molecule has 0 bridgehead atoms. The number of benzene rings is 1. The molecule has 21 heavy (non-hydrogen) atoms. The van der Waals surface area contributed by atoms with Crippen molar-refractivity contribution in [2.45, 2.75) is 31.0 Å². The van der Waals surface area contributed by atoms with Crippen molar-refractivity contribution in [2.75, 3.05) is 6.61 Å². The van der Waals surface area contributed by atoms with Gasteiger partial charge in [-0.15, -0.1) is 0 Å². The van der Waals surface area contributed by atoms with E-state index in [4.69, 9.17) is 9.47 Å². The number of carbonyl (C=O) groups is 1. The van der Waals surface area contributed by atoms with Gasteiger partial charge in [-0.05, 0) is 5.56 Å². The smallest absolute Gasteiger partial charge is 0.395 e. The molecule has 1 heterocycles. The molecule has 2 aliphatic rings. The summed E-state index contributed by atoms with van der Waals surface area (Å²) in [5.41, 5.74) is 0.819. The fourth-order valence-corrected chi connectivity index (χ4v) is 2.53. The number of esters is 1. The summed E-state index contributed by atoms with van der Waals surface area (Å²) in [6, 6.07) is 7.38. The highest BCUT2D eigenvalue weighted by molar-refractivity contribution is 5.76. The molecule has 0 aromatic heterocycles. The average Bonchev–Trinajstić information content (AvgIpc) is 3.19. The van der Waals surface area contributed by atoms with Crippen LogP contribution in [0.4, 0.5) is 13.2 Å². The first kappa shape index (κ1) is 14.3. The predicted molar refractivity (Wildman–Crippen MR) is 66.2 cm³/mol. The molecule has 0 amide bonds. The summed E-state index contributed by atoms with van der Waals surface area (Å²) in [7, 11) is 0. The molecule has 1 saturated carbocycles. The quantitative estimate of drug-likeness (QED) is 0.862. The molecule has 1 unspecified atom stereocenters. The zero-order valence-corrected chi connectivity index (χ0v) is 11.0. The lowest BCUT2D eigenvalue weighted by Gasteiger charge is -2.21. The number of hydrogen-bond acceptors (Lipinski definition) is 4. The summed E-state index contributed by atoms with van der Waals surface area (Å²) >= 11 is 0. The maximum Gasteiger partial charge on any atom is 0.395 e. The van der Waals surface area contributed by atoms with Gasteiger partial charge in [0.2, 0.25) is 0 Å². The van der Waals surface area contributed by atoms with E-state index in [2.05, 4.69) is 5.32 Å². The van der Waals surface area contributed by atoms with Crippen LogP contribution >= 0.6 is 0 Å². The highest BCUT2D eigenvalue weighted by Gasteiger charge is 2.67. The van der Waals surface area contributed by atoms with Crippen LogP contribution in [0.2, 0.25) is 0 Å². The van der Waals surface area contributed by atoms with Crippen LogP contribution in [0.1, 0.15) is 5.56 Å². The molecule has 1 aromatic carbocycles. The van der Waals surface area contributed by atoms with E-state index in [1.54, 1.807) is 12.1 Å². The van der Waals surface area contributed by atoms with Crippen molar-refractivity contribution in [3.8, 4) is 0 Å². The number of alkyl halides is 3. The Kier molecular flexibility index (Phi) is 3.62. The summed E-state index contributed by atoms with van der Waals surface area (Å²) in [5, 5.41) is 2.66. The monoisotopic (exact) mass is 301 g/mol. The number of carbonyl (C=O) groups excluding carboxylic acids is 1. The molecule has 3 rings (SSSR count). The Morgan fingerprint density at radius 3 is 2.71 bits per heavy atom. The molecule has 2 fully saturated rings. The van der Waals surface area contributed by atoms with Gasteiger partial charge in [0, 0.05) is 6.04 Å². The Labute approximate surface area is 119 Å². The summed E-state index contributed by atoms with van der Waals surface area (Å²) in [4.78, 5) is 11.8. The van der Waals surface area contributed by atoms with E-state index in [0.717, 1.165) is 5.56 Å². The molecule has 4 nitrogen and oxygen atoms in total. The van der Waals surface area contributed by atoms with Crippen molar-refractivity contribution in [1.82, 2.24) is 5.32 Å². The zero-order chi connectivity index (χ0) is 15.0. The lowest BCUT2D eigenvalue weighted by atomic mass is 10.2. The molecule has 7 heteroatoms. The fourth-order valence-electron chi connectivity index (χ4n) is 2.53. The first-order valence-electron chi connectivity index (χ1n) is 6.62. The Morgan fingerprint density at radius 2 is 2.05 bits per heavy atom. The van der Waals surface area contributed by atoms with Crippen molar-refractivity contribution < 1.29 is 27.4 Å². The van der Waals surface area contributed by atoms with Crippen LogP contribution in [0.3, 0.4) is 0 Å².